The Balaban J connectivity index is 2.23. The zero-order chi connectivity index (χ0) is 15.7. The number of rotatable bonds is 3. The SMILES string of the molecule is CC(C)Oc1cncc(C2(O)CCCC(C(F)(F)F)C2)c1. The summed E-state index contributed by atoms with van der Waals surface area (Å²) in [5.41, 5.74) is -1.09. The summed E-state index contributed by atoms with van der Waals surface area (Å²) in [7, 11) is 0. The number of ether oxygens (including phenoxy) is 1. The molecule has 2 atom stereocenters. The van der Waals surface area contributed by atoms with Gasteiger partial charge in [-0.1, -0.05) is 0 Å². The van der Waals surface area contributed by atoms with Crippen LogP contribution in [0.4, 0.5) is 13.2 Å². The van der Waals surface area contributed by atoms with E-state index in [9.17, 15) is 18.3 Å². The average Bonchev–Trinajstić information content (AvgIpc) is 2.37. The Labute approximate surface area is 122 Å². The van der Waals surface area contributed by atoms with Crippen LogP contribution >= 0.6 is 0 Å². The molecule has 1 aliphatic carbocycles. The minimum Gasteiger partial charge on any atom is -0.489 e. The first-order chi connectivity index (χ1) is 9.71. The van der Waals surface area contributed by atoms with Gasteiger partial charge in [-0.05, 0) is 45.6 Å². The third-order valence-electron chi connectivity index (χ3n) is 3.81. The standard InChI is InChI=1S/C15H20F3NO2/c1-10(2)21-13-6-12(8-19-9-13)14(20)5-3-4-11(7-14)15(16,17)18/h6,8-11,20H,3-5,7H2,1-2H3. The molecule has 0 aromatic carbocycles. The molecule has 3 nitrogen and oxygen atoms in total. The molecule has 1 heterocycles. The van der Waals surface area contributed by atoms with Gasteiger partial charge in [0.2, 0.25) is 0 Å². The van der Waals surface area contributed by atoms with E-state index in [4.69, 9.17) is 4.74 Å². The molecule has 0 saturated heterocycles. The fourth-order valence-electron chi connectivity index (χ4n) is 2.80. The molecule has 118 valence electrons. The zero-order valence-corrected chi connectivity index (χ0v) is 12.2. The molecule has 1 aliphatic rings. The predicted molar refractivity (Wildman–Crippen MR) is 71.9 cm³/mol. The summed E-state index contributed by atoms with van der Waals surface area (Å²) in [6.07, 6.45) is -1.00. The molecule has 1 N–H and O–H groups in total. The quantitative estimate of drug-likeness (QED) is 0.923. The molecule has 1 fully saturated rings. The zero-order valence-electron chi connectivity index (χ0n) is 12.2. The van der Waals surface area contributed by atoms with E-state index in [0.29, 0.717) is 24.2 Å². The van der Waals surface area contributed by atoms with E-state index in [0.717, 1.165) is 0 Å². The van der Waals surface area contributed by atoms with Crippen molar-refractivity contribution in [1.82, 2.24) is 4.98 Å². The molecule has 0 aliphatic heterocycles. The number of nitrogens with zero attached hydrogens (tertiary/aromatic N) is 1. The van der Waals surface area contributed by atoms with Gasteiger partial charge in [0, 0.05) is 11.8 Å². The fraction of sp³-hybridized carbons (Fsp3) is 0.667. The summed E-state index contributed by atoms with van der Waals surface area (Å²) < 4.78 is 44.2. The number of aliphatic hydroxyl groups is 1. The Morgan fingerprint density at radius 2 is 2.10 bits per heavy atom. The Morgan fingerprint density at radius 3 is 2.71 bits per heavy atom. The molecule has 1 saturated carbocycles. The second-order valence-corrected chi connectivity index (χ2v) is 5.94. The van der Waals surface area contributed by atoms with Gasteiger partial charge < -0.3 is 9.84 Å². The first-order valence-corrected chi connectivity index (χ1v) is 7.12. The molecule has 0 amide bonds. The smallest absolute Gasteiger partial charge is 0.391 e. The van der Waals surface area contributed by atoms with Crippen molar-refractivity contribution in [3.05, 3.63) is 24.0 Å². The molecular weight excluding hydrogens is 283 g/mol. The van der Waals surface area contributed by atoms with E-state index < -0.39 is 17.7 Å². The van der Waals surface area contributed by atoms with Gasteiger partial charge in [-0.25, -0.2) is 0 Å². The normalized spacial score (nSPS) is 26.9. The first-order valence-electron chi connectivity index (χ1n) is 7.12. The van der Waals surface area contributed by atoms with E-state index in [2.05, 4.69) is 4.98 Å². The Kier molecular flexibility index (Phi) is 4.46. The number of hydrogen-bond donors (Lipinski definition) is 1. The minimum absolute atomic E-state index is 0.0639. The number of aromatic nitrogens is 1. The highest BCUT2D eigenvalue weighted by atomic mass is 19.4. The van der Waals surface area contributed by atoms with Crippen molar-refractivity contribution in [2.75, 3.05) is 0 Å². The van der Waals surface area contributed by atoms with Crippen molar-refractivity contribution in [2.24, 2.45) is 5.92 Å². The molecule has 0 radical (unpaired) electrons. The third kappa shape index (κ3) is 3.87. The number of hydrogen-bond acceptors (Lipinski definition) is 3. The van der Waals surface area contributed by atoms with E-state index in [1.165, 1.54) is 12.4 Å². The molecule has 21 heavy (non-hydrogen) atoms. The van der Waals surface area contributed by atoms with Crippen molar-refractivity contribution < 1.29 is 23.0 Å². The van der Waals surface area contributed by atoms with E-state index >= 15 is 0 Å². The maximum absolute atomic E-state index is 12.9. The van der Waals surface area contributed by atoms with Crippen LogP contribution < -0.4 is 4.74 Å². The van der Waals surface area contributed by atoms with Crippen LogP contribution in [0.3, 0.4) is 0 Å². The summed E-state index contributed by atoms with van der Waals surface area (Å²) in [5, 5.41) is 10.6. The molecular formula is C15H20F3NO2. The Morgan fingerprint density at radius 1 is 1.38 bits per heavy atom. The first kappa shape index (κ1) is 16.1. The average molecular weight is 303 g/mol. The lowest BCUT2D eigenvalue weighted by Crippen LogP contribution is -2.38. The van der Waals surface area contributed by atoms with Gasteiger partial charge in [-0.3, -0.25) is 4.98 Å². The third-order valence-corrected chi connectivity index (χ3v) is 3.81. The van der Waals surface area contributed by atoms with E-state index in [1.807, 2.05) is 13.8 Å². The van der Waals surface area contributed by atoms with Crippen LogP contribution in [-0.4, -0.2) is 22.4 Å². The fourth-order valence-corrected chi connectivity index (χ4v) is 2.80. The number of alkyl halides is 3. The molecule has 0 bridgehead atoms. The second-order valence-electron chi connectivity index (χ2n) is 5.94. The van der Waals surface area contributed by atoms with Crippen LogP contribution in [0.15, 0.2) is 18.5 Å². The Bertz CT molecular complexity index is 490. The minimum atomic E-state index is -4.27. The van der Waals surface area contributed by atoms with Crippen LogP contribution in [-0.2, 0) is 5.60 Å². The number of pyridine rings is 1. The topological polar surface area (TPSA) is 42.4 Å². The molecule has 0 spiro atoms. The summed E-state index contributed by atoms with van der Waals surface area (Å²) in [6, 6.07) is 1.59. The van der Waals surface area contributed by atoms with Gasteiger partial charge in [0.25, 0.3) is 0 Å². The number of halogens is 3. The summed E-state index contributed by atoms with van der Waals surface area (Å²) in [6.45, 7) is 3.70. The second kappa shape index (κ2) is 5.83. The van der Waals surface area contributed by atoms with Crippen molar-refractivity contribution in [3.63, 3.8) is 0 Å². The predicted octanol–water partition coefficient (Wildman–Crippen LogP) is 3.81. The Hall–Kier alpha value is -1.30. The van der Waals surface area contributed by atoms with Crippen molar-refractivity contribution in [3.8, 4) is 5.75 Å². The van der Waals surface area contributed by atoms with Crippen molar-refractivity contribution in [1.29, 1.82) is 0 Å². The van der Waals surface area contributed by atoms with Crippen molar-refractivity contribution in [2.45, 2.75) is 57.4 Å². The van der Waals surface area contributed by atoms with Gasteiger partial charge in [-0.2, -0.15) is 13.2 Å². The molecule has 2 rings (SSSR count). The maximum atomic E-state index is 12.9. The van der Waals surface area contributed by atoms with Gasteiger partial charge in [0.05, 0.1) is 23.8 Å². The summed E-state index contributed by atoms with van der Waals surface area (Å²) in [4.78, 5) is 3.98. The van der Waals surface area contributed by atoms with Gasteiger partial charge >= 0.3 is 6.18 Å². The van der Waals surface area contributed by atoms with Crippen LogP contribution in [0.25, 0.3) is 0 Å². The van der Waals surface area contributed by atoms with Gasteiger partial charge in [0.15, 0.2) is 0 Å². The van der Waals surface area contributed by atoms with Gasteiger partial charge in [0.1, 0.15) is 5.75 Å². The van der Waals surface area contributed by atoms with Gasteiger partial charge in [-0.15, -0.1) is 0 Å². The van der Waals surface area contributed by atoms with Crippen LogP contribution in [0.1, 0.15) is 45.1 Å². The van der Waals surface area contributed by atoms with E-state index in [1.54, 1.807) is 6.07 Å². The summed E-state index contributed by atoms with van der Waals surface area (Å²) in [5.74, 6) is -1.00. The lowest BCUT2D eigenvalue weighted by molar-refractivity contribution is -0.201. The monoisotopic (exact) mass is 303 g/mol. The lowest BCUT2D eigenvalue weighted by Gasteiger charge is -2.37. The lowest BCUT2D eigenvalue weighted by atomic mass is 9.74. The van der Waals surface area contributed by atoms with E-state index in [-0.39, 0.29) is 18.9 Å². The highest BCUT2D eigenvalue weighted by molar-refractivity contribution is 5.29. The van der Waals surface area contributed by atoms with Crippen molar-refractivity contribution >= 4 is 0 Å². The van der Waals surface area contributed by atoms with Crippen LogP contribution in [0, 0.1) is 5.92 Å². The molecule has 6 heteroatoms. The molecule has 1 aromatic rings. The van der Waals surface area contributed by atoms with Crippen LogP contribution in [0.5, 0.6) is 5.75 Å². The maximum Gasteiger partial charge on any atom is 0.391 e. The van der Waals surface area contributed by atoms with Crippen LogP contribution in [0.2, 0.25) is 0 Å². The molecule has 1 aromatic heterocycles. The highest BCUT2D eigenvalue weighted by Crippen LogP contribution is 2.46. The largest absolute Gasteiger partial charge is 0.489 e. The highest BCUT2D eigenvalue weighted by Gasteiger charge is 2.47. The summed E-state index contributed by atoms with van der Waals surface area (Å²) >= 11 is 0. The molecule has 2 unspecified atom stereocenters.